The predicted molar refractivity (Wildman–Crippen MR) is 109 cm³/mol. The number of nitrogens with one attached hydrogen (secondary N) is 1. The quantitative estimate of drug-likeness (QED) is 0.658. The van der Waals surface area contributed by atoms with Gasteiger partial charge in [0.05, 0.1) is 29.6 Å². The molecule has 0 radical (unpaired) electrons. The van der Waals surface area contributed by atoms with Gasteiger partial charge in [-0.15, -0.1) is 0 Å². The van der Waals surface area contributed by atoms with Gasteiger partial charge in [0.1, 0.15) is 0 Å². The molecule has 1 N–H and O–H groups in total. The molecule has 0 atom stereocenters. The molecule has 1 saturated heterocycles. The number of rotatable bonds is 3. The maximum atomic E-state index is 13.0. The normalized spacial score (nSPS) is 18.5. The Morgan fingerprint density at radius 2 is 1.71 bits per heavy atom. The summed E-state index contributed by atoms with van der Waals surface area (Å²) in [6.45, 7) is 3.60. The summed E-state index contributed by atoms with van der Waals surface area (Å²) < 4.78 is 4.80. The van der Waals surface area contributed by atoms with Crippen LogP contribution in [0.4, 0.5) is 5.69 Å². The molecule has 0 saturated carbocycles. The molecule has 0 aromatic heterocycles. The Bertz CT molecular complexity index is 945. The Hall–Kier alpha value is -3.12. The first-order chi connectivity index (χ1) is 13.6. The first kappa shape index (κ1) is 18.3. The average Bonchev–Trinajstić information content (AvgIpc) is 3.05. The van der Waals surface area contributed by atoms with Gasteiger partial charge in [0, 0.05) is 31.7 Å². The van der Waals surface area contributed by atoms with Gasteiger partial charge in [-0.05, 0) is 24.7 Å². The first-order valence-electron chi connectivity index (χ1n) is 9.36. The number of fused-ring (bicyclic) bond motifs is 1. The van der Waals surface area contributed by atoms with Crippen LogP contribution in [0.2, 0.25) is 0 Å². The summed E-state index contributed by atoms with van der Waals surface area (Å²) in [4.78, 5) is 29.4. The molecule has 1 fully saturated rings. The number of carbonyl (C=O) groups is 2. The minimum Gasteiger partial charge on any atom is -0.465 e. The monoisotopic (exact) mass is 377 g/mol. The van der Waals surface area contributed by atoms with E-state index in [0.29, 0.717) is 16.8 Å². The fourth-order valence-corrected chi connectivity index (χ4v) is 3.76. The first-order valence-corrected chi connectivity index (χ1v) is 9.36. The summed E-state index contributed by atoms with van der Waals surface area (Å²) in [5.41, 5.74) is 4.49. The Morgan fingerprint density at radius 1 is 1.00 bits per heavy atom. The van der Waals surface area contributed by atoms with Gasteiger partial charge < -0.3 is 19.9 Å². The van der Waals surface area contributed by atoms with E-state index in [1.807, 2.05) is 36.4 Å². The zero-order chi connectivity index (χ0) is 19.7. The zero-order valence-corrected chi connectivity index (χ0v) is 16.1. The van der Waals surface area contributed by atoms with E-state index in [1.54, 1.807) is 12.1 Å². The van der Waals surface area contributed by atoms with Crippen LogP contribution in [0, 0.1) is 0 Å². The van der Waals surface area contributed by atoms with Gasteiger partial charge in [0.25, 0.3) is 5.91 Å². The molecule has 4 rings (SSSR count). The minimum atomic E-state index is -0.420. The summed E-state index contributed by atoms with van der Waals surface area (Å²) in [5, 5.41) is 2.92. The summed E-state index contributed by atoms with van der Waals surface area (Å²) >= 11 is 0. The van der Waals surface area contributed by atoms with Crippen molar-refractivity contribution < 1.29 is 14.3 Å². The Labute approximate surface area is 164 Å². The van der Waals surface area contributed by atoms with Crippen molar-refractivity contribution >= 4 is 28.8 Å². The predicted octanol–water partition coefficient (Wildman–Crippen LogP) is 2.54. The van der Waals surface area contributed by atoms with Gasteiger partial charge in [-0.3, -0.25) is 4.79 Å². The van der Waals surface area contributed by atoms with Gasteiger partial charge >= 0.3 is 5.97 Å². The molecule has 6 nitrogen and oxygen atoms in total. The van der Waals surface area contributed by atoms with Crippen molar-refractivity contribution in [3.8, 4) is 0 Å². The van der Waals surface area contributed by atoms with Crippen LogP contribution in [-0.4, -0.2) is 62.0 Å². The number of carbonyl (C=O) groups excluding carboxylic acids is 2. The molecule has 1 amide bonds. The van der Waals surface area contributed by atoms with Gasteiger partial charge in [-0.1, -0.05) is 36.4 Å². The number of nitrogens with zero attached hydrogens (tertiary/aromatic N) is 2. The van der Waals surface area contributed by atoms with Crippen molar-refractivity contribution in [2.45, 2.75) is 0 Å². The molecular weight excluding hydrogens is 354 g/mol. The summed E-state index contributed by atoms with van der Waals surface area (Å²) in [6, 6.07) is 15.2. The lowest BCUT2D eigenvalue weighted by molar-refractivity contribution is -0.110. The number of hydrogen-bond donors (Lipinski definition) is 1. The van der Waals surface area contributed by atoms with E-state index in [-0.39, 0.29) is 5.91 Å². The lowest BCUT2D eigenvalue weighted by Crippen LogP contribution is -2.43. The molecule has 6 heteroatoms. The lowest BCUT2D eigenvalue weighted by Gasteiger charge is -2.36. The van der Waals surface area contributed by atoms with Gasteiger partial charge in [-0.2, -0.15) is 0 Å². The Kier molecular flexibility index (Phi) is 4.88. The summed E-state index contributed by atoms with van der Waals surface area (Å²) in [7, 11) is 3.46. The molecule has 0 spiro atoms. The molecule has 0 unspecified atom stereocenters. The lowest BCUT2D eigenvalue weighted by atomic mass is 9.98. The fourth-order valence-electron chi connectivity index (χ4n) is 3.76. The number of amides is 1. The highest BCUT2D eigenvalue weighted by molar-refractivity contribution is 6.36. The molecule has 2 aromatic carbocycles. The fraction of sp³-hybridized carbons (Fsp3) is 0.273. The van der Waals surface area contributed by atoms with E-state index in [0.717, 1.165) is 43.0 Å². The number of hydrogen-bond acceptors (Lipinski definition) is 5. The highest BCUT2D eigenvalue weighted by Crippen LogP contribution is 2.39. The molecule has 144 valence electrons. The molecular formula is C22H23N3O3. The van der Waals surface area contributed by atoms with Gasteiger partial charge in [0.2, 0.25) is 0 Å². The van der Waals surface area contributed by atoms with Crippen LogP contribution < -0.4 is 5.32 Å². The number of methoxy groups -OCH3 is 1. The highest BCUT2D eigenvalue weighted by atomic mass is 16.5. The van der Waals surface area contributed by atoms with E-state index in [9.17, 15) is 9.59 Å². The maximum absolute atomic E-state index is 13.0. The topological polar surface area (TPSA) is 61.9 Å². The van der Waals surface area contributed by atoms with Crippen LogP contribution in [0.1, 0.15) is 21.5 Å². The molecule has 2 aliphatic heterocycles. The standard InChI is InChI=1S/C22H23N3O3/c1-24-10-12-25(13-11-24)20(15-6-4-3-5-7-15)19-17-9-8-16(22(27)28-2)14-18(17)23-21(19)26/h3-9,14H,10-13H2,1-2H3,(H,23,26)/b20-19-. The molecule has 2 aromatic rings. The number of esters is 1. The molecule has 2 heterocycles. The van der Waals surface area contributed by atoms with Crippen molar-refractivity contribution in [3.05, 3.63) is 65.2 Å². The van der Waals surface area contributed by atoms with Crippen LogP contribution in [0.25, 0.3) is 11.3 Å². The minimum absolute atomic E-state index is 0.144. The maximum Gasteiger partial charge on any atom is 0.337 e. The number of ether oxygens (including phenoxy) is 1. The van der Waals surface area contributed by atoms with Crippen LogP contribution in [0.5, 0.6) is 0 Å². The van der Waals surface area contributed by atoms with Crippen molar-refractivity contribution in [1.29, 1.82) is 0 Å². The number of piperazine rings is 1. The second kappa shape index (κ2) is 7.48. The third-order valence-electron chi connectivity index (χ3n) is 5.29. The zero-order valence-electron chi connectivity index (χ0n) is 16.1. The third kappa shape index (κ3) is 3.27. The van der Waals surface area contributed by atoms with Crippen molar-refractivity contribution in [2.24, 2.45) is 0 Å². The van der Waals surface area contributed by atoms with Crippen LogP contribution in [0.3, 0.4) is 0 Å². The van der Waals surface area contributed by atoms with Crippen LogP contribution in [0.15, 0.2) is 48.5 Å². The van der Waals surface area contributed by atoms with Crippen LogP contribution >= 0.6 is 0 Å². The van der Waals surface area contributed by atoms with Gasteiger partial charge in [0.15, 0.2) is 0 Å². The number of anilines is 1. The van der Waals surface area contributed by atoms with Crippen LogP contribution in [-0.2, 0) is 9.53 Å². The molecule has 28 heavy (non-hydrogen) atoms. The highest BCUT2D eigenvalue weighted by Gasteiger charge is 2.32. The second-order valence-corrected chi connectivity index (χ2v) is 7.09. The average molecular weight is 377 g/mol. The number of likely N-dealkylation sites (N-methyl/N-ethyl adjacent to an activating group) is 1. The SMILES string of the molecule is COC(=O)c1ccc2c(c1)NC(=O)/C2=C(/c1ccccc1)N1CCN(C)CC1. The summed E-state index contributed by atoms with van der Waals surface area (Å²) in [6.07, 6.45) is 0. The van der Waals surface area contributed by atoms with E-state index in [4.69, 9.17) is 4.74 Å². The van der Waals surface area contributed by atoms with E-state index < -0.39 is 5.97 Å². The van der Waals surface area contributed by atoms with Crippen molar-refractivity contribution in [1.82, 2.24) is 9.80 Å². The molecule has 0 aliphatic carbocycles. The van der Waals surface area contributed by atoms with Crippen molar-refractivity contribution in [2.75, 3.05) is 45.7 Å². The Balaban J connectivity index is 1.85. The number of benzene rings is 2. The Morgan fingerprint density at radius 3 is 2.39 bits per heavy atom. The smallest absolute Gasteiger partial charge is 0.337 e. The second-order valence-electron chi connectivity index (χ2n) is 7.09. The van der Waals surface area contributed by atoms with Crippen molar-refractivity contribution in [3.63, 3.8) is 0 Å². The molecule has 0 bridgehead atoms. The van der Waals surface area contributed by atoms with E-state index >= 15 is 0 Å². The third-order valence-corrected chi connectivity index (χ3v) is 5.29. The van der Waals surface area contributed by atoms with Gasteiger partial charge in [-0.25, -0.2) is 4.79 Å². The molecule has 2 aliphatic rings. The van der Waals surface area contributed by atoms with E-state index in [2.05, 4.69) is 22.2 Å². The largest absolute Gasteiger partial charge is 0.465 e. The summed E-state index contributed by atoms with van der Waals surface area (Å²) in [5.74, 6) is -0.563. The van der Waals surface area contributed by atoms with E-state index in [1.165, 1.54) is 7.11 Å².